The third kappa shape index (κ3) is 8.51. The van der Waals surface area contributed by atoms with E-state index in [1.54, 1.807) is 0 Å². The molecule has 19 heteroatoms. The summed E-state index contributed by atoms with van der Waals surface area (Å²) in [6, 6.07) is 0. The minimum Gasteiger partial charge on any atom is -0.465 e. The van der Waals surface area contributed by atoms with E-state index in [-0.39, 0.29) is 22.7 Å². The molecular formula is C44H70O19. The maximum Gasteiger partial charge on any atom is 0.306 e. The standard InChI is InChI=1S/C44H70O19/c1-19-30(48)37(55-5)38(59-20(2)46)41(58-19)63-36-27(16-45)61-39(35(53)33(36)51)57-18-28-31(49)32(50)34(52)40(62-28)60-22-8-12-43(4)26-10-11-42(3)24(21-14-29(47)56-17-21)6-7-25(42)23(26)9-13-44(43,54)15-22/h19,21-28,30-41,45,48-54H,6-18H2,1-5H3/t19-,21+,22+,23+,24-,25-,26+,27-,28-,30+,31-,32+,33-,34-,35-,36-,37+,38-,39-,40-,41+,42-,43-,44+/m1/s1. The molecule has 0 amide bonds. The fraction of sp³-hybridized carbons (Fsp3) is 0.955. The van der Waals surface area contributed by atoms with Crippen molar-refractivity contribution >= 4 is 11.9 Å². The van der Waals surface area contributed by atoms with E-state index in [9.17, 15) is 50.4 Å². The molecule has 0 bridgehead atoms. The topological polar surface area (TPSA) is 279 Å². The van der Waals surface area contributed by atoms with E-state index in [0.717, 1.165) is 39.0 Å². The summed E-state index contributed by atoms with van der Waals surface area (Å²) in [7, 11) is 1.30. The summed E-state index contributed by atoms with van der Waals surface area (Å²) in [6.07, 6.45) is -14.2. The molecule has 19 nitrogen and oxygen atoms in total. The smallest absolute Gasteiger partial charge is 0.306 e. The summed E-state index contributed by atoms with van der Waals surface area (Å²) in [5.74, 6) is 1.25. The van der Waals surface area contributed by atoms with Gasteiger partial charge in [0.2, 0.25) is 0 Å². The van der Waals surface area contributed by atoms with Gasteiger partial charge < -0.3 is 83.5 Å². The van der Waals surface area contributed by atoms with Gasteiger partial charge in [0.25, 0.3) is 0 Å². The number of ether oxygens (including phenoxy) is 9. The van der Waals surface area contributed by atoms with Gasteiger partial charge in [-0.2, -0.15) is 0 Å². The maximum absolute atomic E-state index is 12.5. The molecule has 4 heterocycles. The van der Waals surface area contributed by atoms with E-state index in [1.165, 1.54) is 14.0 Å². The summed E-state index contributed by atoms with van der Waals surface area (Å²) >= 11 is 0. The average molecular weight is 903 g/mol. The molecule has 4 saturated carbocycles. The van der Waals surface area contributed by atoms with E-state index >= 15 is 0 Å². The molecule has 24 atom stereocenters. The Kier molecular flexibility index (Phi) is 14.0. The van der Waals surface area contributed by atoms with Gasteiger partial charge in [-0.05, 0) is 92.8 Å². The predicted octanol–water partition coefficient (Wildman–Crippen LogP) is -0.591. The van der Waals surface area contributed by atoms with Crippen LogP contribution in [0.4, 0.5) is 0 Å². The first-order valence-corrected chi connectivity index (χ1v) is 23.0. The van der Waals surface area contributed by atoms with Gasteiger partial charge in [0.15, 0.2) is 25.0 Å². The first-order valence-electron chi connectivity index (χ1n) is 23.0. The lowest BCUT2D eigenvalue weighted by Crippen LogP contribution is -2.65. The van der Waals surface area contributed by atoms with Gasteiger partial charge in [-0.15, -0.1) is 0 Å². The lowest BCUT2D eigenvalue weighted by atomic mass is 9.43. The molecular weight excluding hydrogens is 832 g/mol. The molecule has 8 fully saturated rings. The van der Waals surface area contributed by atoms with Crippen LogP contribution in [0, 0.1) is 40.4 Å². The van der Waals surface area contributed by atoms with Gasteiger partial charge >= 0.3 is 11.9 Å². The quantitative estimate of drug-likeness (QED) is 0.0951. The van der Waals surface area contributed by atoms with Crippen LogP contribution >= 0.6 is 0 Å². The Morgan fingerprint density at radius 1 is 0.746 bits per heavy atom. The molecule has 0 aromatic rings. The van der Waals surface area contributed by atoms with Crippen LogP contribution in [0.25, 0.3) is 0 Å². The Morgan fingerprint density at radius 3 is 2.14 bits per heavy atom. The summed E-state index contributed by atoms with van der Waals surface area (Å²) < 4.78 is 51.7. The van der Waals surface area contributed by atoms with E-state index in [1.807, 2.05) is 0 Å². The van der Waals surface area contributed by atoms with Gasteiger partial charge in [0.1, 0.15) is 61.0 Å². The van der Waals surface area contributed by atoms with E-state index in [2.05, 4.69) is 13.8 Å². The van der Waals surface area contributed by atoms with Crippen LogP contribution < -0.4 is 0 Å². The monoisotopic (exact) mass is 902 g/mol. The Balaban J connectivity index is 0.876. The molecule has 8 aliphatic rings. The van der Waals surface area contributed by atoms with Crippen molar-refractivity contribution in [2.45, 2.75) is 196 Å². The first-order chi connectivity index (χ1) is 29.8. The molecule has 63 heavy (non-hydrogen) atoms. The van der Waals surface area contributed by atoms with E-state index < -0.39 is 123 Å². The molecule has 8 rings (SSSR count). The van der Waals surface area contributed by atoms with Crippen LogP contribution in [0.2, 0.25) is 0 Å². The zero-order valence-electron chi connectivity index (χ0n) is 36.9. The number of aliphatic hydroxyl groups is 8. The Hall–Kier alpha value is -1.66. The van der Waals surface area contributed by atoms with Crippen molar-refractivity contribution in [3.8, 4) is 0 Å². The summed E-state index contributed by atoms with van der Waals surface area (Å²) in [5, 5.41) is 88.7. The van der Waals surface area contributed by atoms with Crippen LogP contribution in [-0.4, -0.2) is 184 Å². The molecule has 0 aromatic carbocycles. The van der Waals surface area contributed by atoms with Gasteiger partial charge in [0, 0.05) is 26.4 Å². The largest absolute Gasteiger partial charge is 0.465 e. The molecule has 0 aromatic heterocycles. The second-order valence-corrected chi connectivity index (χ2v) is 20.4. The molecule has 0 unspecified atom stereocenters. The van der Waals surface area contributed by atoms with Crippen LogP contribution in [-0.2, 0) is 52.2 Å². The Bertz CT molecular complexity index is 1620. The zero-order valence-corrected chi connectivity index (χ0v) is 36.9. The minimum absolute atomic E-state index is 0.0898. The Morgan fingerprint density at radius 2 is 1.46 bits per heavy atom. The number of carbonyl (C=O) groups is 2. The fourth-order valence-electron chi connectivity index (χ4n) is 13.7. The summed E-state index contributed by atoms with van der Waals surface area (Å²) in [5.41, 5.74) is -1.25. The van der Waals surface area contributed by atoms with Gasteiger partial charge in [0.05, 0.1) is 44.1 Å². The Labute approximate surface area is 367 Å². The van der Waals surface area contributed by atoms with Crippen molar-refractivity contribution < 1.29 is 93.1 Å². The number of rotatable bonds is 11. The van der Waals surface area contributed by atoms with Crippen LogP contribution in [0.1, 0.15) is 91.9 Å². The van der Waals surface area contributed by atoms with Crippen molar-refractivity contribution in [3.63, 3.8) is 0 Å². The molecule has 4 aliphatic carbocycles. The highest BCUT2D eigenvalue weighted by Crippen LogP contribution is 2.69. The molecule has 4 aliphatic heterocycles. The fourth-order valence-corrected chi connectivity index (χ4v) is 13.7. The second kappa shape index (κ2) is 18.4. The number of esters is 2. The van der Waals surface area contributed by atoms with E-state index in [4.69, 9.17) is 42.6 Å². The zero-order chi connectivity index (χ0) is 45.3. The average Bonchev–Trinajstić information content (AvgIpc) is 3.84. The normalized spacial score (nSPS) is 53.5. The molecule has 0 radical (unpaired) electrons. The minimum atomic E-state index is -1.80. The number of carbonyl (C=O) groups excluding carboxylic acids is 2. The third-order valence-electron chi connectivity index (χ3n) is 17.2. The number of aliphatic hydroxyl groups excluding tert-OH is 7. The SMILES string of the molecule is CO[C@H]1[C@@H](O)[C@@H](C)O[C@@H](O[C@H]2[C@H](O)[C@@H](O)[C@H](OC[C@H]3O[C@@H](O[C@H]4CC[C@]5(C)[C@H]6CC[C@]7(C)[C@@H]([C@@H]8COC(=O)C8)CC[C@@H]7[C@@H]6CC[C@]5(O)C4)[C@H](O)[C@@H](O)[C@@H]3O)O[C@@H]2CO)[C@@H]1OC(C)=O. The van der Waals surface area contributed by atoms with Crippen molar-refractivity contribution in [2.75, 3.05) is 26.9 Å². The van der Waals surface area contributed by atoms with Gasteiger partial charge in [-0.1, -0.05) is 13.8 Å². The lowest BCUT2D eigenvalue weighted by Gasteiger charge is -2.64. The van der Waals surface area contributed by atoms with Crippen molar-refractivity contribution in [1.82, 2.24) is 0 Å². The highest BCUT2D eigenvalue weighted by molar-refractivity contribution is 5.71. The van der Waals surface area contributed by atoms with Crippen molar-refractivity contribution in [3.05, 3.63) is 0 Å². The maximum atomic E-state index is 12.5. The van der Waals surface area contributed by atoms with Crippen molar-refractivity contribution in [2.24, 2.45) is 40.4 Å². The summed E-state index contributed by atoms with van der Waals surface area (Å²) in [6.45, 7) is 6.60. The van der Waals surface area contributed by atoms with Gasteiger partial charge in [-0.25, -0.2) is 0 Å². The summed E-state index contributed by atoms with van der Waals surface area (Å²) in [4.78, 5) is 24.0. The van der Waals surface area contributed by atoms with Crippen LogP contribution in [0.3, 0.4) is 0 Å². The highest BCUT2D eigenvalue weighted by Gasteiger charge is 2.66. The molecule has 0 spiro atoms. The van der Waals surface area contributed by atoms with Crippen molar-refractivity contribution in [1.29, 1.82) is 0 Å². The van der Waals surface area contributed by atoms with Gasteiger partial charge in [-0.3, -0.25) is 9.59 Å². The predicted molar refractivity (Wildman–Crippen MR) is 213 cm³/mol. The first kappa shape index (κ1) is 47.8. The molecule has 4 saturated heterocycles. The third-order valence-corrected chi connectivity index (χ3v) is 17.2. The second-order valence-electron chi connectivity index (χ2n) is 20.4. The number of cyclic esters (lactones) is 1. The molecule has 360 valence electrons. The lowest BCUT2D eigenvalue weighted by molar-refractivity contribution is -0.365. The number of methoxy groups -OCH3 is 1. The van der Waals surface area contributed by atoms with E-state index in [0.29, 0.717) is 62.4 Å². The number of fused-ring (bicyclic) bond motifs is 5. The number of hydrogen-bond donors (Lipinski definition) is 8. The molecule has 8 N–H and O–H groups in total. The highest BCUT2D eigenvalue weighted by atomic mass is 16.8. The number of hydrogen-bond acceptors (Lipinski definition) is 19. The van der Waals surface area contributed by atoms with Crippen LogP contribution in [0.15, 0.2) is 0 Å². The van der Waals surface area contributed by atoms with Crippen LogP contribution in [0.5, 0.6) is 0 Å².